The average molecular weight is 327 g/mol. The molecule has 2 aromatic rings. The van der Waals surface area contributed by atoms with Crippen LogP contribution < -0.4 is 15.4 Å². The van der Waals surface area contributed by atoms with Crippen LogP contribution in [0.4, 0.5) is 5.69 Å². The molecular weight excluding hydrogens is 306 g/mol. The summed E-state index contributed by atoms with van der Waals surface area (Å²) in [5.41, 5.74) is 1.00. The average Bonchev–Trinajstić information content (AvgIpc) is 2.55. The van der Waals surface area contributed by atoms with Gasteiger partial charge in [0.1, 0.15) is 17.2 Å². The third kappa shape index (κ3) is 5.08. The highest BCUT2D eigenvalue weighted by Gasteiger charge is 2.08. The first-order valence-electron chi connectivity index (χ1n) is 7.74. The summed E-state index contributed by atoms with van der Waals surface area (Å²) < 4.78 is 5.71. The maximum atomic E-state index is 11.7. The molecule has 0 unspecified atom stereocenters. The molecule has 0 aliphatic heterocycles. The number of amides is 2. The van der Waals surface area contributed by atoms with Gasteiger partial charge in [-0.15, -0.1) is 0 Å². The van der Waals surface area contributed by atoms with Crippen molar-refractivity contribution in [1.82, 2.24) is 10.3 Å². The molecule has 6 heteroatoms. The second kappa shape index (κ2) is 8.10. The second-order valence-corrected chi connectivity index (χ2v) is 5.73. The number of nitrogens with zero attached hydrogens (tertiary/aromatic N) is 1. The van der Waals surface area contributed by atoms with Crippen LogP contribution in [0.1, 0.15) is 30.8 Å². The van der Waals surface area contributed by atoms with E-state index < -0.39 is 0 Å². The molecule has 2 amide bonds. The number of carbonyl (C=O) groups excluding carboxylic acids is 2. The van der Waals surface area contributed by atoms with E-state index >= 15 is 0 Å². The Labute approximate surface area is 141 Å². The van der Waals surface area contributed by atoms with Gasteiger partial charge in [0, 0.05) is 31.4 Å². The molecule has 0 radical (unpaired) electrons. The third-order valence-corrected chi connectivity index (χ3v) is 3.16. The van der Waals surface area contributed by atoms with Crippen LogP contribution in [0.5, 0.6) is 11.5 Å². The summed E-state index contributed by atoms with van der Waals surface area (Å²) in [5, 5.41) is 5.35. The predicted molar refractivity (Wildman–Crippen MR) is 92.2 cm³/mol. The van der Waals surface area contributed by atoms with Crippen molar-refractivity contribution >= 4 is 17.5 Å². The van der Waals surface area contributed by atoms with E-state index in [4.69, 9.17) is 4.74 Å². The van der Waals surface area contributed by atoms with Gasteiger partial charge in [0.2, 0.25) is 5.91 Å². The lowest BCUT2D eigenvalue weighted by molar-refractivity contribution is -0.116. The molecule has 1 aromatic heterocycles. The van der Waals surface area contributed by atoms with Gasteiger partial charge in [-0.05, 0) is 36.2 Å². The van der Waals surface area contributed by atoms with Gasteiger partial charge in [-0.2, -0.15) is 0 Å². The van der Waals surface area contributed by atoms with Gasteiger partial charge in [0.15, 0.2) is 0 Å². The fraction of sp³-hybridized carbons (Fsp3) is 0.278. The Hall–Kier alpha value is -2.89. The Morgan fingerprint density at radius 3 is 2.46 bits per heavy atom. The lowest BCUT2D eigenvalue weighted by Gasteiger charge is -2.09. The summed E-state index contributed by atoms with van der Waals surface area (Å²) in [7, 11) is 1.55. The van der Waals surface area contributed by atoms with Crippen LogP contribution >= 0.6 is 0 Å². The smallest absolute Gasteiger partial charge is 0.269 e. The number of hydrogen-bond acceptors (Lipinski definition) is 4. The molecule has 0 aliphatic carbocycles. The van der Waals surface area contributed by atoms with Crippen molar-refractivity contribution in [1.29, 1.82) is 0 Å². The topological polar surface area (TPSA) is 80.3 Å². The van der Waals surface area contributed by atoms with Crippen LogP contribution in [-0.4, -0.2) is 23.8 Å². The lowest BCUT2D eigenvalue weighted by atomic mass is 10.1. The first kappa shape index (κ1) is 17.5. The molecule has 0 bridgehead atoms. The number of benzene rings is 1. The molecule has 0 aliphatic rings. The van der Waals surface area contributed by atoms with E-state index in [1.165, 1.54) is 6.20 Å². The summed E-state index contributed by atoms with van der Waals surface area (Å²) in [4.78, 5) is 27.3. The highest BCUT2D eigenvalue weighted by atomic mass is 16.5. The van der Waals surface area contributed by atoms with Crippen molar-refractivity contribution in [2.45, 2.75) is 20.3 Å². The highest BCUT2D eigenvalue weighted by molar-refractivity contribution is 5.92. The third-order valence-electron chi connectivity index (χ3n) is 3.16. The van der Waals surface area contributed by atoms with Crippen LogP contribution in [0, 0.1) is 5.92 Å². The summed E-state index contributed by atoms with van der Waals surface area (Å²) >= 11 is 0. The molecule has 1 aromatic carbocycles. The molecule has 1 heterocycles. The minimum atomic E-state index is -0.274. The molecule has 0 spiro atoms. The molecule has 24 heavy (non-hydrogen) atoms. The maximum Gasteiger partial charge on any atom is 0.269 e. The van der Waals surface area contributed by atoms with Crippen molar-refractivity contribution in [3.8, 4) is 11.5 Å². The molecule has 6 nitrogen and oxygen atoms in total. The molecule has 0 saturated heterocycles. The maximum absolute atomic E-state index is 11.7. The van der Waals surface area contributed by atoms with Crippen molar-refractivity contribution in [3.63, 3.8) is 0 Å². The number of anilines is 1. The molecule has 2 N–H and O–H groups in total. The molecule has 0 fully saturated rings. The predicted octanol–water partition coefficient (Wildman–Crippen LogP) is 3.22. The fourth-order valence-corrected chi connectivity index (χ4v) is 2.05. The number of pyridine rings is 1. The van der Waals surface area contributed by atoms with E-state index in [1.807, 2.05) is 13.8 Å². The monoisotopic (exact) mass is 327 g/mol. The fourth-order valence-electron chi connectivity index (χ4n) is 2.05. The van der Waals surface area contributed by atoms with Gasteiger partial charge in [0.25, 0.3) is 5.91 Å². The van der Waals surface area contributed by atoms with E-state index in [2.05, 4.69) is 15.6 Å². The van der Waals surface area contributed by atoms with Crippen molar-refractivity contribution in [2.75, 3.05) is 12.4 Å². The Bertz CT molecular complexity index is 712. The van der Waals surface area contributed by atoms with Crippen molar-refractivity contribution in [2.24, 2.45) is 5.92 Å². The Morgan fingerprint density at radius 1 is 1.12 bits per heavy atom. The molecule has 0 saturated carbocycles. The van der Waals surface area contributed by atoms with E-state index in [0.717, 1.165) is 0 Å². The van der Waals surface area contributed by atoms with Crippen molar-refractivity contribution < 1.29 is 14.3 Å². The van der Waals surface area contributed by atoms with Crippen LogP contribution in [0.2, 0.25) is 0 Å². The minimum Gasteiger partial charge on any atom is -0.457 e. The molecule has 0 atom stereocenters. The van der Waals surface area contributed by atoms with Crippen LogP contribution in [0.3, 0.4) is 0 Å². The first-order chi connectivity index (χ1) is 11.5. The number of aromatic nitrogens is 1. The van der Waals surface area contributed by atoms with E-state index in [0.29, 0.717) is 29.5 Å². The summed E-state index contributed by atoms with van der Waals surface area (Å²) in [5.74, 6) is 1.15. The number of nitrogens with one attached hydrogen (secondary N) is 2. The number of rotatable bonds is 6. The van der Waals surface area contributed by atoms with Gasteiger partial charge in [0.05, 0.1) is 0 Å². The normalized spacial score (nSPS) is 10.3. The second-order valence-electron chi connectivity index (χ2n) is 5.73. The van der Waals surface area contributed by atoms with Gasteiger partial charge < -0.3 is 15.4 Å². The molecular formula is C18H21N3O3. The zero-order valence-corrected chi connectivity index (χ0v) is 14.0. The van der Waals surface area contributed by atoms with E-state index in [1.54, 1.807) is 43.4 Å². The van der Waals surface area contributed by atoms with E-state index in [-0.39, 0.29) is 17.5 Å². The largest absolute Gasteiger partial charge is 0.457 e. The zero-order valence-electron chi connectivity index (χ0n) is 14.0. The van der Waals surface area contributed by atoms with Gasteiger partial charge in [-0.1, -0.05) is 13.8 Å². The standard InChI is InChI=1S/C18H21N3O3/c1-12(2)10-17(22)21-13-4-6-14(7-5-13)24-15-8-9-20-16(11-15)18(23)19-3/h4-9,11-12H,10H2,1-3H3,(H,19,23)(H,21,22). The van der Waals surface area contributed by atoms with Gasteiger partial charge >= 0.3 is 0 Å². The van der Waals surface area contributed by atoms with Gasteiger partial charge in [-0.25, -0.2) is 0 Å². The summed E-state index contributed by atoms with van der Waals surface area (Å²) in [6.07, 6.45) is 2.00. The van der Waals surface area contributed by atoms with E-state index in [9.17, 15) is 9.59 Å². The SMILES string of the molecule is CNC(=O)c1cc(Oc2ccc(NC(=O)CC(C)C)cc2)ccn1. The van der Waals surface area contributed by atoms with Crippen LogP contribution in [-0.2, 0) is 4.79 Å². The Balaban J connectivity index is 2.01. The summed E-state index contributed by atoms with van der Waals surface area (Å²) in [6.45, 7) is 4.00. The lowest BCUT2D eigenvalue weighted by Crippen LogP contribution is -2.18. The summed E-state index contributed by atoms with van der Waals surface area (Å²) in [6, 6.07) is 10.3. The van der Waals surface area contributed by atoms with Crippen LogP contribution in [0.25, 0.3) is 0 Å². The number of hydrogen-bond donors (Lipinski definition) is 2. The number of carbonyl (C=O) groups is 2. The van der Waals surface area contributed by atoms with Gasteiger partial charge in [-0.3, -0.25) is 14.6 Å². The van der Waals surface area contributed by atoms with Crippen molar-refractivity contribution in [3.05, 3.63) is 48.3 Å². The molecule has 2 rings (SSSR count). The Kier molecular flexibility index (Phi) is 5.89. The minimum absolute atomic E-state index is 0.0111. The highest BCUT2D eigenvalue weighted by Crippen LogP contribution is 2.23. The zero-order chi connectivity index (χ0) is 17.5. The Morgan fingerprint density at radius 2 is 1.83 bits per heavy atom. The number of ether oxygens (including phenoxy) is 1. The van der Waals surface area contributed by atoms with Crippen LogP contribution in [0.15, 0.2) is 42.6 Å². The first-order valence-corrected chi connectivity index (χ1v) is 7.74. The quantitative estimate of drug-likeness (QED) is 0.853. The molecule has 126 valence electrons.